The highest BCUT2D eigenvalue weighted by Gasteiger charge is 2.33. The SMILES string of the molecule is CC(C)(C)C(NC(=O)c1ccc([N+](=O)[O-])o1)C(=O)O. The average molecular weight is 270 g/mol. The molecule has 1 unspecified atom stereocenters. The summed E-state index contributed by atoms with van der Waals surface area (Å²) < 4.78 is 4.70. The number of carbonyl (C=O) groups excluding carboxylic acids is 1. The molecule has 1 rings (SSSR count). The Morgan fingerprint density at radius 3 is 2.37 bits per heavy atom. The fourth-order valence-corrected chi connectivity index (χ4v) is 1.40. The Kier molecular flexibility index (Phi) is 3.93. The van der Waals surface area contributed by atoms with Crippen molar-refractivity contribution in [3.8, 4) is 0 Å². The van der Waals surface area contributed by atoms with E-state index in [9.17, 15) is 19.7 Å². The van der Waals surface area contributed by atoms with Crippen LogP contribution in [-0.2, 0) is 4.79 Å². The lowest BCUT2D eigenvalue weighted by Crippen LogP contribution is -2.49. The van der Waals surface area contributed by atoms with E-state index in [-0.39, 0.29) is 5.76 Å². The first kappa shape index (κ1) is 14.7. The highest BCUT2D eigenvalue weighted by molar-refractivity contribution is 5.94. The maximum atomic E-state index is 11.8. The second-order valence-corrected chi connectivity index (χ2v) is 5.01. The summed E-state index contributed by atoms with van der Waals surface area (Å²) in [6.45, 7) is 4.95. The van der Waals surface area contributed by atoms with Crippen LogP contribution in [0.1, 0.15) is 31.3 Å². The molecule has 2 N–H and O–H groups in total. The number of aliphatic carboxylic acids is 1. The number of hydrogen-bond donors (Lipinski definition) is 2. The van der Waals surface area contributed by atoms with Crippen LogP contribution >= 0.6 is 0 Å². The third-order valence-corrected chi connectivity index (χ3v) is 2.38. The topological polar surface area (TPSA) is 123 Å². The van der Waals surface area contributed by atoms with Crippen LogP contribution in [0.15, 0.2) is 16.5 Å². The number of nitro groups is 1. The summed E-state index contributed by atoms with van der Waals surface area (Å²) in [4.78, 5) is 32.5. The van der Waals surface area contributed by atoms with E-state index in [2.05, 4.69) is 5.32 Å². The smallest absolute Gasteiger partial charge is 0.433 e. The maximum absolute atomic E-state index is 11.8. The minimum absolute atomic E-state index is 0.304. The van der Waals surface area contributed by atoms with E-state index in [4.69, 9.17) is 9.52 Å². The van der Waals surface area contributed by atoms with E-state index in [1.54, 1.807) is 20.8 Å². The molecule has 1 aromatic rings. The third kappa shape index (κ3) is 3.54. The van der Waals surface area contributed by atoms with Gasteiger partial charge in [-0.25, -0.2) is 4.79 Å². The first-order valence-corrected chi connectivity index (χ1v) is 5.41. The molecule has 104 valence electrons. The van der Waals surface area contributed by atoms with E-state index >= 15 is 0 Å². The standard InChI is InChI=1S/C11H14N2O6/c1-11(2,3)8(10(15)16)12-9(14)6-4-5-7(19-6)13(17)18/h4-5,8H,1-3H3,(H,12,14)(H,15,16). The van der Waals surface area contributed by atoms with E-state index in [0.717, 1.165) is 12.1 Å². The molecule has 0 aliphatic carbocycles. The number of hydrogen-bond acceptors (Lipinski definition) is 5. The van der Waals surface area contributed by atoms with Crippen molar-refractivity contribution in [2.24, 2.45) is 5.41 Å². The number of nitrogens with zero attached hydrogens (tertiary/aromatic N) is 1. The van der Waals surface area contributed by atoms with Gasteiger partial charge in [0.05, 0.1) is 6.07 Å². The largest absolute Gasteiger partial charge is 0.480 e. The minimum atomic E-state index is -1.19. The first-order chi connectivity index (χ1) is 8.62. The molecule has 0 aliphatic heterocycles. The number of nitrogens with one attached hydrogen (secondary N) is 1. The molecule has 0 radical (unpaired) electrons. The quantitative estimate of drug-likeness (QED) is 0.630. The van der Waals surface area contributed by atoms with Crippen LogP contribution in [0.4, 0.5) is 5.88 Å². The minimum Gasteiger partial charge on any atom is -0.480 e. The van der Waals surface area contributed by atoms with Crippen LogP contribution in [0.3, 0.4) is 0 Å². The van der Waals surface area contributed by atoms with Crippen molar-refractivity contribution in [2.45, 2.75) is 26.8 Å². The maximum Gasteiger partial charge on any atom is 0.433 e. The Hall–Kier alpha value is -2.38. The molecule has 1 amide bonds. The van der Waals surface area contributed by atoms with Crippen LogP contribution in [0.2, 0.25) is 0 Å². The number of carboxylic acids is 1. The predicted molar refractivity (Wildman–Crippen MR) is 63.7 cm³/mol. The summed E-state index contributed by atoms with van der Waals surface area (Å²) in [5.74, 6) is -2.88. The van der Waals surface area contributed by atoms with Crippen LogP contribution in [-0.4, -0.2) is 27.9 Å². The Morgan fingerprint density at radius 1 is 1.42 bits per heavy atom. The number of rotatable bonds is 4. The highest BCUT2D eigenvalue weighted by Crippen LogP contribution is 2.21. The molecule has 0 fully saturated rings. The van der Waals surface area contributed by atoms with Crippen molar-refractivity contribution in [3.05, 3.63) is 28.0 Å². The van der Waals surface area contributed by atoms with E-state index < -0.39 is 34.1 Å². The molecule has 0 saturated carbocycles. The molecule has 0 spiro atoms. The lowest BCUT2D eigenvalue weighted by molar-refractivity contribution is -0.402. The van der Waals surface area contributed by atoms with Gasteiger partial charge in [-0.3, -0.25) is 14.9 Å². The lowest BCUT2D eigenvalue weighted by atomic mass is 9.87. The van der Waals surface area contributed by atoms with Crippen molar-refractivity contribution in [2.75, 3.05) is 0 Å². The van der Waals surface area contributed by atoms with Crippen molar-refractivity contribution >= 4 is 17.8 Å². The number of carboxylic acid groups (broad SMARTS) is 1. The van der Waals surface area contributed by atoms with Crippen molar-refractivity contribution in [3.63, 3.8) is 0 Å². The Balaban J connectivity index is 2.88. The molecule has 0 saturated heterocycles. The van der Waals surface area contributed by atoms with Gasteiger partial charge >= 0.3 is 11.9 Å². The molecule has 8 nitrogen and oxygen atoms in total. The molecule has 0 aliphatic rings. The van der Waals surface area contributed by atoms with Gasteiger partial charge in [-0.1, -0.05) is 20.8 Å². The van der Waals surface area contributed by atoms with Crippen molar-refractivity contribution < 1.29 is 24.0 Å². The molecule has 19 heavy (non-hydrogen) atoms. The summed E-state index contributed by atoms with van der Waals surface area (Å²) in [5, 5.41) is 21.7. The second-order valence-electron chi connectivity index (χ2n) is 5.01. The Morgan fingerprint density at radius 2 is 2.00 bits per heavy atom. The first-order valence-electron chi connectivity index (χ1n) is 5.41. The Labute approximate surface area is 108 Å². The van der Waals surface area contributed by atoms with Gasteiger partial charge in [-0.15, -0.1) is 0 Å². The Bertz CT molecular complexity index is 514. The second kappa shape index (κ2) is 5.09. The van der Waals surface area contributed by atoms with Gasteiger partial charge in [-0.2, -0.15) is 0 Å². The summed E-state index contributed by atoms with van der Waals surface area (Å²) in [5.41, 5.74) is -0.708. The van der Waals surface area contributed by atoms with E-state index in [1.165, 1.54) is 0 Å². The van der Waals surface area contributed by atoms with Crippen LogP contribution in [0.25, 0.3) is 0 Å². The van der Waals surface area contributed by atoms with Crippen molar-refractivity contribution in [1.82, 2.24) is 5.32 Å². The molecular formula is C11H14N2O6. The summed E-state index contributed by atoms with van der Waals surface area (Å²) >= 11 is 0. The average Bonchev–Trinajstić information content (AvgIpc) is 2.72. The molecular weight excluding hydrogens is 256 g/mol. The third-order valence-electron chi connectivity index (χ3n) is 2.38. The van der Waals surface area contributed by atoms with Gasteiger partial charge < -0.3 is 14.8 Å². The number of furan rings is 1. The summed E-state index contributed by atoms with van der Waals surface area (Å²) in [6, 6.07) is 1.01. The monoisotopic (exact) mass is 270 g/mol. The number of carbonyl (C=O) groups is 2. The molecule has 0 bridgehead atoms. The van der Waals surface area contributed by atoms with E-state index in [0.29, 0.717) is 0 Å². The molecule has 1 heterocycles. The van der Waals surface area contributed by atoms with Gasteiger partial charge in [-0.05, 0) is 11.5 Å². The molecule has 1 aromatic heterocycles. The van der Waals surface area contributed by atoms with Gasteiger partial charge in [0.15, 0.2) is 5.76 Å². The van der Waals surface area contributed by atoms with Gasteiger partial charge in [0, 0.05) is 0 Å². The summed E-state index contributed by atoms with van der Waals surface area (Å²) in [6.07, 6.45) is 0. The van der Waals surface area contributed by atoms with Crippen LogP contribution in [0.5, 0.6) is 0 Å². The van der Waals surface area contributed by atoms with Crippen LogP contribution in [0, 0.1) is 15.5 Å². The fourth-order valence-electron chi connectivity index (χ4n) is 1.40. The summed E-state index contributed by atoms with van der Waals surface area (Å²) in [7, 11) is 0. The number of amides is 1. The van der Waals surface area contributed by atoms with Gasteiger partial charge in [0.1, 0.15) is 11.0 Å². The molecule has 0 aromatic carbocycles. The highest BCUT2D eigenvalue weighted by atomic mass is 16.6. The van der Waals surface area contributed by atoms with Gasteiger partial charge in [0.2, 0.25) is 0 Å². The molecule has 8 heteroatoms. The van der Waals surface area contributed by atoms with E-state index in [1.807, 2.05) is 0 Å². The zero-order valence-corrected chi connectivity index (χ0v) is 10.7. The predicted octanol–water partition coefficient (Wildman–Crippen LogP) is 1.42. The van der Waals surface area contributed by atoms with Crippen molar-refractivity contribution in [1.29, 1.82) is 0 Å². The normalized spacial score (nSPS) is 12.8. The zero-order chi connectivity index (χ0) is 14.8. The zero-order valence-electron chi connectivity index (χ0n) is 10.7. The van der Waals surface area contributed by atoms with Gasteiger partial charge in [0.25, 0.3) is 5.91 Å². The fraction of sp³-hybridized carbons (Fsp3) is 0.455. The van der Waals surface area contributed by atoms with Crippen LogP contribution < -0.4 is 5.32 Å². The molecule has 1 atom stereocenters. The lowest BCUT2D eigenvalue weighted by Gasteiger charge is -2.27.